The van der Waals surface area contributed by atoms with Crippen LogP contribution in [-0.4, -0.2) is 15.7 Å². The van der Waals surface area contributed by atoms with E-state index in [2.05, 4.69) is 4.98 Å². The first-order valence-corrected chi connectivity index (χ1v) is 9.53. The van der Waals surface area contributed by atoms with Crippen LogP contribution >= 0.6 is 23.2 Å². The van der Waals surface area contributed by atoms with Gasteiger partial charge >= 0.3 is 0 Å². The van der Waals surface area contributed by atoms with Gasteiger partial charge in [-0.05, 0) is 42.0 Å². The van der Waals surface area contributed by atoms with Crippen LogP contribution in [-0.2, 0) is 0 Å². The Hall–Kier alpha value is -2.63. The van der Waals surface area contributed by atoms with Gasteiger partial charge in [0.25, 0.3) is 0 Å². The molecule has 0 radical (unpaired) electrons. The van der Waals surface area contributed by atoms with Crippen LogP contribution in [0.25, 0.3) is 0 Å². The van der Waals surface area contributed by atoms with Crippen molar-refractivity contribution in [3.63, 3.8) is 0 Å². The Morgan fingerprint density at radius 2 is 1.79 bits per heavy atom. The summed E-state index contributed by atoms with van der Waals surface area (Å²) in [5, 5.41) is 7.76. The zero-order valence-electron chi connectivity index (χ0n) is 14.5. The molecule has 28 heavy (non-hydrogen) atoms. The Labute approximate surface area is 171 Å². The summed E-state index contributed by atoms with van der Waals surface area (Å²) in [6.07, 6.45) is 3.62. The van der Waals surface area contributed by atoms with Gasteiger partial charge in [0, 0.05) is 35.0 Å². The Morgan fingerprint density at radius 3 is 2.54 bits per heavy atom. The molecule has 2 aliphatic heterocycles. The molecule has 7 heteroatoms. The molecule has 0 saturated carbocycles. The molecule has 3 aromatic rings. The molecule has 0 unspecified atom stereocenters. The second-order valence-corrected chi connectivity index (χ2v) is 7.55. The molecule has 3 heterocycles. The van der Waals surface area contributed by atoms with Gasteiger partial charge in [0.05, 0.1) is 16.8 Å². The van der Waals surface area contributed by atoms with E-state index in [1.54, 1.807) is 30.6 Å². The third-order valence-electron chi connectivity index (χ3n) is 4.98. The quantitative estimate of drug-likeness (QED) is 0.534. The maximum atomic E-state index is 13.3. The van der Waals surface area contributed by atoms with Gasteiger partial charge in [0.15, 0.2) is 0 Å². The van der Waals surface area contributed by atoms with E-state index in [0.717, 1.165) is 22.4 Å². The fourth-order valence-electron chi connectivity index (χ4n) is 3.68. The number of pyridine rings is 1. The maximum Gasteiger partial charge on any atom is 0.214 e. The molecule has 2 aromatic carbocycles. The Bertz CT molecular complexity index is 1070. The first kappa shape index (κ1) is 17.5. The molecule has 0 bridgehead atoms. The number of fused-ring (bicyclic) bond motifs is 3. The van der Waals surface area contributed by atoms with E-state index >= 15 is 0 Å². The molecular weight excluding hydrogens is 400 g/mol. The number of aromatic nitrogens is 1. The van der Waals surface area contributed by atoms with E-state index in [9.17, 15) is 4.39 Å². The summed E-state index contributed by atoms with van der Waals surface area (Å²) in [4.78, 5) is 4.08. The number of halogens is 3. The highest BCUT2D eigenvalue weighted by Gasteiger charge is 2.42. The van der Waals surface area contributed by atoms with Gasteiger partial charge in [-0.2, -0.15) is 5.10 Å². The molecule has 0 amide bonds. The summed E-state index contributed by atoms with van der Waals surface area (Å²) >= 11 is 12.7. The molecule has 2 atom stereocenters. The van der Waals surface area contributed by atoms with Gasteiger partial charge in [-0.3, -0.25) is 4.98 Å². The first-order valence-electron chi connectivity index (χ1n) is 8.77. The van der Waals surface area contributed by atoms with E-state index in [1.165, 1.54) is 12.1 Å². The van der Waals surface area contributed by atoms with Gasteiger partial charge in [-0.25, -0.2) is 9.40 Å². The number of rotatable bonds is 2. The van der Waals surface area contributed by atoms with E-state index in [0.29, 0.717) is 22.2 Å². The van der Waals surface area contributed by atoms with Crippen LogP contribution in [0.2, 0.25) is 10.0 Å². The zero-order chi connectivity index (χ0) is 19.3. The fourth-order valence-corrected chi connectivity index (χ4v) is 4.23. The smallest absolute Gasteiger partial charge is 0.214 e. The molecule has 0 spiro atoms. The lowest BCUT2D eigenvalue weighted by Crippen LogP contribution is -2.33. The monoisotopic (exact) mass is 413 g/mol. The number of hydrogen-bond donors (Lipinski definition) is 0. The molecule has 0 aliphatic carbocycles. The van der Waals surface area contributed by atoms with Gasteiger partial charge in [-0.15, -0.1) is 0 Å². The molecule has 0 N–H and O–H groups in total. The lowest BCUT2D eigenvalue weighted by molar-refractivity contribution is -0.0189. The molecule has 0 saturated heterocycles. The lowest BCUT2D eigenvalue weighted by Gasteiger charge is -2.38. The highest BCUT2D eigenvalue weighted by molar-refractivity contribution is 6.35. The average Bonchev–Trinajstić information content (AvgIpc) is 3.14. The van der Waals surface area contributed by atoms with Crippen molar-refractivity contribution in [1.29, 1.82) is 0 Å². The van der Waals surface area contributed by atoms with Crippen LogP contribution in [0.1, 0.15) is 35.4 Å². The summed E-state index contributed by atoms with van der Waals surface area (Å²) in [5.41, 5.74) is 3.54. The van der Waals surface area contributed by atoms with E-state index in [1.807, 2.05) is 23.2 Å². The van der Waals surface area contributed by atoms with E-state index < -0.39 is 6.23 Å². The Kier molecular flexibility index (Phi) is 4.22. The molecule has 2 aliphatic rings. The third-order valence-corrected chi connectivity index (χ3v) is 5.48. The second kappa shape index (κ2) is 6.76. The van der Waals surface area contributed by atoms with Crippen molar-refractivity contribution in [3.8, 4) is 5.75 Å². The minimum absolute atomic E-state index is 0.0850. The van der Waals surface area contributed by atoms with Crippen molar-refractivity contribution in [1.82, 2.24) is 9.99 Å². The largest absolute Gasteiger partial charge is 0.463 e. The van der Waals surface area contributed by atoms with Crippen LogP contribution in [0.4, 0.5) is 4.39 Å². The number of benzene rings is 2. The van der Waals surface area contributed by atoms with Crippen molar-refractivity contribution >= 4 is 28.9 Å². The van der Waals surface area contributed by atoms with Crippen molar-refractivity contribution in [2.75, 3.05) is 0 Å². The number of nitrogens with zero attached hydrogens (tertiary/aromatic N) is 3. The molecule has 0 fully saturated rings. The zero-order valence-corrected chi connectivity index (χ0v) is 16.0. The topological polar surface area (TPSA) is 37.7 Å². The SMILES string of the molecule is Fc1ccc(C2=NN3[C@@H](C2)c2cc(Cl)cc(Cl)c2O[C@H]3c2ccncc2)cc1. The van der Waals surface area contributed by atoms with E-state index in [4.69, 9.17) is 33.0 Å². The number of ether oxygens (including phenoxy) is 1. The van der Waals surface area contributed by atoms with Gasteiger partial charge < -0.3 is 4.74 Å². The van der Waals surface area contributed by atoms with Crippen LogP contribution in [0.15, 0.2) is 66.0 Å². The van der Waals surface area contributed by atoms with Crippen molar-refractivity contribution in [2.24, 2.45) is 5.10 Å². The van der Waals surface area contributed by atoms with Gasteiger partial charge in [-0.1, -0.05) is 35.3 Å². The van der Waals surface area contributed by atoms with Gasteiger partial charge in [0.2, 0.25) is 6.23 Å². The minimum Gasteiger partial charge on any atom is -0.463 e. The highest BCUT2D eigenvalue weighted by Crippen LogP contribution is 2.50. The average molecular weight is 414 g/mol. The molecule has 140 valence electrons. The standard InChI is InChI=1S/C21H14Cl2FN3O/c22-14-9-16-19-11-18(12-1-3-15(24)4-2-12)26-27(19)21(13-5-7-25-8-6-13)28-20(16)17(23)10-14/h1-10,19,21H,11H2/t19-,21-/m0/s1. The fraction of sp³-hybridized carbons (Fsp3) is 0.143. The first-order chi connectivity index (χ1) is 13.6. The van der Waals surface area contributed by atoms with Crippen molar-refractivity contribution < 1.29 is 9.13 Å². The summed E-state index contributed by atoms with van der Waals surface area (Å²) in [7, 11) is 0. The summed E-state index contributed by atoms with van der Waals surface area (Å²) in [6, 6.07) is 13.6. The molecule has 1 aromatic heterocycles. The normalized spacial score (nSPS) is 20.2. The predicted molar refractivity (Wildman–Crippen MR) is 106 cm³/mol. The number of hydrogen-bond acceptors (Lipinski definition) is 4. The summed E-state index contributed by atoms with van der Waals surface area (Å²) in [6.45, 7) is 0. The number of hydrazone groups is 1. The third kappa shape index (κ3) is 2.91. The second-order valence-electron chi connectivity index (χ2n) is 6.71. The van der Waals surface area contributed by atoms with Crippen LogP contribution in [0, 0.1) is 5.82 Å². The van der Waals surface area contributed by atoms with Crippen molar-refractivity contribution in [3.05, 3.63) is 93.5 Å². The highest BCUT2D eigenvalue weighted by atomic mass is 35.5. The molecular formula is C21H14Cl2FN3O. The van der Waals surface area contributed by atoms with Crippen LogP contribution in [0.3, 0.4) is 0 Å². The predicted octanol–water partition coefficient (Wildman–Crippen LogP) is 5.77. The Balaban J connectivity index is 1.63. The van der Waals surface area contributed by atoms with Crippen molar-refractivity contribution in [2.45, 2.75) is 18.7 Å². The Morgan fingerprint density at radius 1 is 1.04 bits per heavy atom. The maximum absolute atomic E-state index is 13.3. The lowest BCUT2D eigenvalue weighted by atomic mass is 9.96. The minimum atomic E-state index is -0.447. The van der Waals surface area contributed by atoms with Gasteiger partial charge in [0.1, 0.15) is 11.6 Å². The van der Waals surface area contributed by atoms with Crippen LogP contribution < -0.4 is 4.74 Å². The van der Waals surface area contributed by atoms with E-state index in [-0.39, 0.29) is 11.9 Å². The molecule has 5 rings (SSSR count). The summed E-state index contributed by atoms with van der Waals surface area (Å²) in [5.74, 6) is 0.339. The summed E-state index contributed by atoms with van der Waals surface area (Å²) < 4.78 is 19.6. The van der Waals surface area contributed by atoms with Crippen LogP contribution in [0.5, 0.6) is 5.75 Å². The molecule has 4 nitrogen and oxygen atoms in total.